The maximum absolute atomic E-state index is 2.28. The van der Waals surface area contributed by atoms with Crippen LogP contribution in [0.3, 0.4) is 0 Å². The molecule has 2 aromatic carbocycles. The molecule has 0 aliphatic rings. The van der Waals surface area contributed by atoms with Gasteiger partial charge in [0.2, 0.25) is 0 Å². The van der Waals surface area contributed by atoms with Gasteiger partial charge in [0.15, 0.2) is 0 Å². The number of thioether (sulfide) groups is 2. The van der Waals surface area contributed by atoms with E-state index >= 15 is 0 Å². The van der Waals surface area contributed by atoms with Gasteiger partial charge in [-0.2, -0.15) is 0 Å². The van der Waals surface area contributed by atoms with Gasteiger partial charge in [-0.1, -0.05) is 80.7 Å². The van der Waals surface area contributed by atoms with Crippen molar-refractivity contribution in [2.75, 3.05) is 0 Å². The first kappa shape index (κ1) is 15.3. The fraction of sp³-hybridized carbons (Fsp3) is 0.222. The molecular weight excluding hydrogens is 280 g/mol. The van der Waals surface area contributed by atoms with E-state index in [9.17, 15) is 0 Å². The molecule has 0 spiro atoms. The second kappa shape index (κ2) is 7.05. The second-order valence-electron chi connectivity index (χ2n) is 5.58. The molecule has 0 saturated carbocycles. The first-order valence-electron chi connectivity index (χ1n) is 6.71. The predicted molar refractivity (Wildman–Crippen MR) is 92.1 cm³/mol. The second-order valence-corrected chi connectivity index (χ2v) is 7.64. The molecule has 0 nitrogen and oxygen atoms in total. The van der Waals surface area contributed by atoms with E-state index < -0.39 is 0 Å². The largest absolute Gasteiger partial charge is 0.0972 e. The van der Waals surface area contributed by atoms with Gasteiger partial charge in [-0.15, -0.1) is 0 Å². The first-order valence-corrected chi connectivity index (χ1v) is 8.40. The van der Waals surface area contributed by atoms with Crippen LogP contribution in [0.1, 0.15) is 20.8 Å². The molecule has 0 saturated heterocycles. The minimum Gasteiger partial charge on any atom is -0.0972 e. The average molecular weight is 300 g/mol. The van der Waals surface area contributed by atoms with Crippen LogP contribution in [0.2, 0.25) is 0 Å². The van der Waals surface area contributed by atoms with Gasteiger partial charge in [0, 0.05) is 14.7 Å². The van der Waals surface area contributed by atoms with Crippen LogP contribution in [0.5, 0.6) is 0 Å². The van der Waals surface area contributed by atoms with Crippen molar-refractivity contribution in [3.63, 3.8) is 0 Å². The van der Waals surface area contributed by atoms with Gasteiger partial charge in [0.05, 0.1) is 0 Å². The summed E-state index contributed by atoms with van der Waals surface area (Å²) < 4.78 is 0. The molecule has 0 aliphatic heterocycles. The van der Waals surface area contributed by atoms with Crippen molar-refractivity contribution in [2.45, 2.75) is 30.6 Å². The van der Waals surface area contributed by atoms with E-state index in [1.54, 1.807) is 11.8 Å². The minimum absolute atomic E-state index is 0.155. The third-order valence-electron chi connectivity index (χ3n) is 2.76. The fourth-order valence-corrected chi connectivity index (χ4v) is 3.69. The Hall–Kier alpha value is -1.12. The molecule has 0 N–H and O–H groups in total. The quantitative estimate of drug-likeness (QED) is 0.594. The topological polar surface area (TPSA) is 0 Å². The molecule has 104 valence electrons. The van der Waals surface area contributed by atoms with E-state index in [2.05, 4.69) is 86.8 Å². The van der Waals surface area contributed by atoms with E-state index in [-0.39, 0.29) is 5.41 Å². The molecule has 0 atom stereocenters. The van der Waals surface area contributed by atoms with E-state index in [4.69, 9.17) is 0 Å². The molecule has 0 bridgehead atoms. The summed E-state index contributed by atoms with van der Waals surface area (Å²) in [7, 11) is 0. The zero-order valence-electron chi connectivity index (χ0n) is 12.2. The molecule has 0 heterocycles. The van der Waals surface area contributed by atoms with Crippen molar-refractivity contribution in [3.05, 3.63) is 71.0 Å². The number of allylic oxidation sites excluding steroid dienone is 1. The lowest BCUT2D eigenvalue weighted by atomic mass is 9.97. The van der Waals surface area contributed by atoms with Crippen LogP contribution in [0.4, 0.5) is 0 Å². The fourth-order valence-electron chi connectivity index (χ4n) is 1.59. The third kappa shape index (κ3) is 4.77. The Kier molecular flexibility index (Phi) is 5.38. The lowest BCUT2D eigenvalue weighted by molar-refractivity contribution is 0.534. The van der Waals surface area contributed by atoms with Gasteiger partial charge in [-0.05, 0) is 35.1 Å². The molecule has 2 rings (SSSR count). The Morgan fingerprint density at radius 2 is 1.30 bits per heavy atom. The lowest BCUT2D eigenvalue weighted by Gasteiger charge is -2.22. The molecule has 2 aromatic rings. The average Bonchev–Trinajstić information content (AvgIpc) is 2.44. The van der Waals surface area contributed by atoms with E-state index in [1.807, 2.05) is 11.8 Å². The highest BCUT2D eigenvalue weighted by atomic mass is 32.2. The van der Waals surface area contributed by atoms with Crippen LogP contribution in [0.25, 0.3) is 0 Å². The minimum atomic E-state index is 0.155. The van der Waals surface area contributed by atoms with Crippen molar-refractivity contribution < 1.29 is 0 Å². The maximum atomic E-state index is 2.28. The summed E-state index contributed by atoms with van der Waals surface area (Å²) in [6.07, 6.45) is 0. The Bertz CT molecular complexity index is 551. The number of hydrogen-bond acceptors (Lipinski definition) is 2. The van der Waals surface area contributed by atoms with Crippen LogP contribution in [0, 0.1) is 5.41 Å². The highest BCUT2D eigenvalue weighted by Gasteiger charge is 2.18. The van der Waals surface area contributed by atoms with Crippen LogP contribution < -0.4 is 0 Å². The van der Waals surface area contributed by atoms with Crippen LogP contribution in [0.15, 0.2) is 80.8 Å². The summed E-state index contributed by atoms with van der Waals surface area (Å²) in [5.74, 6) is 0. The normalized spacial score (nSPS) is 12.4. The summed E-state index contributed by atoms with van der Waals surface area (Å²) in [4.78, 5) is 3.96. The Morgan fingerprint density at radius 1 is 0.800 bits per heavy atom. The maximum Gasteiger partial charge on any atom is 0.0119 e. The first-order chi connectivity index (χ1) is 9.55. The molecule has 0 aliphatic carbocycles. The van der Waals surface area contributed by atoms with Gasteiger partial charge in [-0.25, -0.2) is 0 Å². The zero-order valence-corrected chi connectivity index (χ0v) is 13.8. The Balaban J connectivity index is 2.16. The standard InChI is InChI=1S/C18H20S2/c1-18(2,3)17(20-16-12-8-5-9-13-16)14-19-15-10-6-4-7-11-15/h4-14H,1-3H3/b17-14+. The zero-order chi connectivity index (χ0) is 14.4. The molecule has 0 fully saturated rings. The summed E-state index contributed by atoms with van der Waals surface area (Å²) in [5, 5.41) is 2.28. The van der Waals surface area contributed by atoms with Crippen LogP contribution >= 0.6 is 23.5 Å². The highest BCUT2D eigenvalue weighted by Crippen LogP contribution is 2.41. The van der Waals surface area contributed by atoms with Gasteiger partial charge in [0.1, 0.15) is 0 Å². The number of benzene rings is 2. The molecule has 2 heteroatoms. The SMILES string of the molecule is CC(C)(C)/C(=C\Sc1ccccc1)Sc1ccccc1. The van der Waals surface area contributed by atoms with Crippen LogP contribution in [-0.4, -0.2) is 0 Å². The third-order valence-corrected chi connectivity index (χ3v) is 5.26. The molecule has 0 amide bonds. The number of hydrogen-bond donors (Lipinski definition) is 0. The van der Waals surface area contributed by atoms with Crippen molar-refractivity contribution in [2.24, 2.45) is 5.41 Å². The molecule has 0 radical (unpaired) electrons. The number of rotatable bonds is 4. The van der Waals surface area contributed by atoms with Gasteiger partial charge in [-0.3, -0.25) is 0 Å². The molecular formula is C18H20S2. The monoisotopic (exact) mass is 300 g/mol. The summed E-state index contributed by atoms with van der Waals surface area (Å²) >= 11 is 3.65. The van der Waals surface area contributed by atoms with Gasteiger partial charge in [0.25, 0.3) is 0 Å². The summed E-state index contributed by atoms with van der Waals surface area (Å²) in [6.45, 7) is 6.79. The van der Waals surface area contributed by atoms with Crippen LogP contribution in [-0.2, 0) is 0 Å². The van der Waals surface area contributed by atoms with E-state index in [0.29, 0.717) is 0 Å². The van der Waals surface area contributed by atoms with Crippen molar-refractivity contribution in [1.82, 2.24) is 0 Å². The van der Waals surface area contributed by atoms with Crippen molar-refractivity contribution >= 4 is 23.5 Å². The Labute approximate surface area is 130 Å². The molecule has 0 unspecified atom stereocenters. The highest BCUT2D eigenvalue weighted by molar-refractivity contribution is 8.06. The molecule has 0 aromatic heterocycles. The van der Waals surface area contributed by atoms with E-state index in [0.717, 1.165) is 0 Å². The van der Waals surface area contributed by atoms with E-state index in [1.165, 1.54) is 14.7 Å². The lowest BCUT2D eigenvalue weighted by Crippen LogP contribution is -2.06. The smallest absolute Gasteiger partial charge is 0.0119 e. The Morgan fingerprint density at radius 3 is 1.80 bits per heavy atom. The van der Waals surface area contributed by atoms with Crippen molar-refractivity contribution in [3.8, 4) is 0 Å². The van der Waals surface area contributed by atoms with Gasteiger partial charge >= 0.3 is 0 Å². The predicted octanol–water partition coefficient (Wildman–Crippen LogP) is 6.46. The van der Waals surface area contributed by atoms with Crippen molar-refractivity contribution in [1.29, 1.82) is 0 Å². The van der Waals surface area contributed by atoms with Gasteiger partial charge < -0.3 is 0 Å². The summed E-state index contributed by atoms with van der Waals surface area (Å²) in [6, 6.07) is 21.1. The summed E-state index contributed by atoms with van der Waals surface area (Å²) in [5.41, 5.74) is 0.155. The molecule has 20 heavy (non-hydrogen) atoms.